The molecule has 2 aromatic rings. The maximum absolute atomic E-state index is 13.6. The highest BCUT2D eigenvalue weighted by Gasteiger charge is 2.11. The van der Waals surface area contributed by atoms with Crippen molar-refractivity contribution < 1.29 is 13.9 Å². The number of hydrogen-bond donors (Lipinski definition) is 2. The van der Waals surface area contributed by atoms with Crippen LogP contribution in [0, 0.1) is 11.6 Å². The first-order valence-electron chi connectivity index (χ1n) is 5.88. The van der Waals surface area contributed by atoms with Crippen molar-refractivity contribution in [3.05, 3.63) is 59.4 Å². The number of nitrogens with one attached hydrogen (secondary N) is 1. The van der Waals surface area contributed by atoms with Crippen LogP contribution in [0.15, 0.2) is 36.5 Å². The van der Waals surface area contributed by atoms with Gasteiger partial charge in [0.15, 0.2) is 0 Å². The van der Waals surface area contributed by atoms with Gasteiger partial charge in [-0.3, -0.25) is 4.98 Å². The Morgan fingerprint density at radius 2 is 2.05 bits per heavy atom. The Hall–Kier alpha value is -2.01. The predicted molar refractivity (Wildman–Crippen MR) is 67.5 cm³/mol. The van der Waals surface area contributed by atoms with Gasteiger partial charge in [-0.05, 0) is 25.1 Å². The van der Waals surface area contributed by atoms with E-state index in [0.29, 0.717) is 12.1 Å². The Labute approximate surface area is 109 Å². The van der Waals surface area contributed by atoms with Gasteiger partial charge >= 0.3 is 0 Å². The molecular weight excluding hydrogens is 250 g/mol. The van der Waals surface area contributed by atoms with Crippen LogP contribution in [0.4, 0.5) is 8.78 Å². The van der Waals surface area contributed by atoms with Crippen LogP contribution in [-0.2, 0) is 6.54 Å². The van der Waals surface area contributed by atoms with Crippen LogP contribution in [0.1, 0.15) is 24.2 Å². The molecule has 0 saturated heterocycles. The first-order valence-corrected chi connectivity index (χ1v) is 5.88. The fraction of sp³-hybridized carbons (Fsp3) is 0.214. The number of pyridine rings is 1. The number of hydrogen-bond acceptors (Lipinski definition) is 3. The summed E-state index contributed by atoms with van der Waals surface area (Å²) in [4.78, 5) is 4.01. The van der Waals surface area contributed by atoms with E-state index >= 15 is 0 Å². The number of halogens is 2. The normalized spacial score (nSPS) is 12.4. The lowest BCUT2D eigenvalue weighted by Gasteiger charge is -2.14. The van der Waals surface area contributed by atoms with Crippen LogP contribution in [0.2, 0.25) is 0 Å². The monoisotopic (exact) mass is 264 g/mol. The largest absolute Gasteiger partial charge is 0.506 e. The van der Waals surface area contributed by atoms with Gasteiger partial charge in [-0.15, -0.1) is 0 Å². The molecule has 1 atom stereocenters. The predicted octanol–water partition coefficient (Wildman–Crippen LogP) is 2.92. The summed E-state index contributed by atoms with van der Waals surface area (Å²) >= 11 is 0. The summed E-state index contributed by atoms with van der Waals surface area (Å²) in [6, 6.07) is 6.47. The maximum atomic E-state index is 13.6. The number of rotatable bonds is 4. The average molecular weight is 264 g/mol. The van der Waals surface area contributed by atoms with Crippen LogP contribution in [0.5, 0.6) is 5.75 Å². The lowest BCUT2D eigenvalue weighted by atomic mass is 10.1. The van der Waals surface area contributed by atoms with Crippen molar-refractivity contribution in [2.75, 3.05) is 0 Å². The summed E-state index contributed by atoms with van der Waals surface area (Å²) in [7, 11) is 0. The molecule has 5 heteroatoms. The van der Waals surface area contributed by atoms with Crippen LogP contribution in [-0.4, -0.2) is 10.1 Å². The van der Waals surface area contributed by atoms with E-state index in [0.717, 1.165) is 11.8 Å². The molecule has 0 aliphatic rings. The minimum atomic E-state index is -0.589. The number of benzene rings is 1. The molecular formula is C14H14F2N2O. The van der Waals surface area contributed by atoms with E-state index in [-0.39, 0.29) is 11.8 Å². The van der Waals surface area contributed by atoms with E-state index in [4.69, 9.17) is 5.11 Å². The zero-order valence-corrected chi connectivity index (χ0v) is 10.4. The first-order chi connectivity index (χ1) is 9.06. The van der Waals surface area contributed by atoms with Crippen molar-refractivity contribution in [2.24, 2.45) is 0 Å². The highest BCUT2D eigenvalue weighted by molar-refractivity contribution is 5.22. The van der Waals surface area contributed by atoms with Gasteiger partial charge in [0.1, 0.15) is 17.4 Å². The summed E-state index contributed by atoms with van der Waals surface area (Å²) in [5.41, 5.74) is 1.13. The third kappa shape index (κ3) is 3.48. The van der Waals surface area contributed by atoms with Crippen molar-refractivity contribution in [3.8, 4) is 5.75 Å². The Morgan fingerprint density at radius 1 is 1.26 bits per heavy atom. The lowest BCUT2D eigenvalue weighted by molar-refractivity contribution is 0.471. The molecule has 0 radical (unpaired) electrons. The molecule has 0 fully saturated rings. The van der Waals surface area contributed by atoms with Gasteiger partial charge in [0.05, 0.1) is 11.9 Å². The van der Waals surface area contributed by atoms with E-state index in [1.54, 1.807) is 13.0 Å². The standard InChI is InChI=1S/C14H14F2N2O/c1-9(13-5-2-10(15)6-14(13)16)17-7-11-3-4-12(19)8-18-11/h2-6,8-9,17,19H,7H2,1H3. The SMILES string of the molecule is CC(NCc1ccc(O)cn1)c1ccc(F)cc1F. The summed E-state index contributed by atoms with van der Waals surface area (Å²) in [6.07, 6.45) is 1.35. The van der Waals surface area contributed by atoms with Crippen molar-refractivity contribution in [3.63, 3.8) is 0 Å². The van der Waals surface area contributed by atoms with Gasteiger partial charge in [0.2, 0.25) is 0 Å². The van der Waals surface area contributed by atoms with Gasteiger partial charge in [-0.1, -0.05) is 6.07 Å². The molecule has 2 rings (SSSR count). The van der Waals surface area contributed by atoms with Crippen molar-refractivity contribution in [1.29, 1.82) is 0 Å². The van der Waals surface area contributed by atoms with E-state index < -0.39 is 11.6 Å². The second-order valence-corrected chi connectivity index (χ2v) is 4.28. The van der Waals surface area contributed by atoms with E-state index in [1.807, 2.05) is 0 Å². The number of nitrogens with zero attached hydrogens (tertiary/aromatic N) is 1. The van der Waals surface area contributed by atoms with Crippen molar-refractivity contribution in [2.45, 2.75) is 19.5 Å². The molecule has 0 bridgehead atoms. The molecule has 1 aromatic heterocycles. The van der Waals surface area contributed by atoms with Gasteiger partial charge in [0.25, 0.3) is 0 Å². The minimum Gasteiger partial charge on any atom is -0.506 e. The van der Waals surface area contributed by atoms with E-state index in [9.17, 15) is 8.78 Å². The van der Waals surface area contributed by atoms with Gasteiger partial charge in [-0.25, -0.2) is 8.78 Å². The highest BCUT2D eigenvalue weighted by Crippen LogP contribution is 2.18. The molecule has 0 saturated carbocycles. The highest BCUT2D eigenvalue weighted by atomic mass is 19.1. The smallest absolute Gasteiger partial charge is 0.133 e. The second-order valence-electron chi connectivity index (χ2n) is 4.28. The molecule has 0 aliphatic heterocycles. The topological polar surface area (TPSA) is 45.1 Å². The molecule has 1 aromatic carbocycles. The summed E-state index contributed by atoms with van der Waals surface area (Å²) in [5, 5.41) is 12.2. The first kappa shape index (κ1) is 13.4. The van der Waals surface area contributed by atoms with Crippen LogP contribution < -0.4 is 5.32 Å². The molecule has 2 N–H and O–H groups in total. The Morgan fingerprint density at radius 3 is 2.68 bits per heavy atom. The Kier molecular flexibility index (Phi) is 4.06. The average Bonchev–Trinajstić information content (AvgIpc) is 2.37. The molecule has 0 spiro atoms. The summed E-state index contributed by atoms with van der Waals surface area (Å²) in [6.45, 7) is 2.22. The van der Waals surface area contributed by atoms with Crippen LogP contribution in [0.25, 0.3) is 0 Å². The van der Waals surface area contributed by atoms with Crippen molar-refractivity contribution in [1.82, 2.24) is 10.3 Å². The second kappa shape index (κ2) is 5.75. The lowest BCUT2D eigenvalue weighted by Crippen LogP contribution is -2.19. The molecule has 0 amide bonds. The number of aromatic nitrogens is 1. The van der Waals surface area contributed by atoms with Gasteiger partial charge in [-0.2, -0.15) is 0 Å². The molecule has 3 nitrogen and oxygen atoms in total. The number of aromatic hydroxyl groups is 1. The molecule has 0 aliphatic carbocycles. The molecule has 19 heavy (non-hydrogen) atoms. The summed E-state index contributed by atoms with van der Waals surface area (Å²) in [5.74, 6) is -1.06. The zero-order chi connectivity index (χ0) is 13.8. The fourth-order valence-electron chi connectivity index (χ4n) is 1.74. The zero-order valence-electron chi connectivity index (χ0n) is 10.4. The fourth-order valence-corrected chi connectivity index (χ4v) is 1.74. The molecule has 1 heterocycles. The Bertz CT molecular complexity index is 558. The summed E-state index contributed by atoms with van der Waals surface area (Å²) < 4.78 is 26.4. The van der Waals surface area contributed by atoms with E-state index in [1.165, 1.54) is 24.4 Å². The quantitative estimate of drug-likeness (QED) is 0.892. The third-order valence-corrected chi connectivity index (χ3v) is 2.83. The van der Waals surface area contributed by atoms with Gasteiger partial charge < -0.3 is 10.4 Å². The van der Waals surface area contributed by atoms with Crippen LogP contribution >= 0.6 is 0 Å². The van der Waals surface area contributed by atoms with Crippen molar-refractivity contribution >= 4 is 0 Å². The third-order valence-electron chi connectivity index (χ3n) is 2.83. The Balaban J connectivity index is 2.01. The van der Waals surface area contributed by atoms with Crippen LogP contribution in [0.3, 0.4) is 0 Å². The molecule has 1 unspecified atom stereocenters. The van der Waals surface area contributed by atoms with E-state index in [2.05, 4.69) is 10.3 Å². The molecule has 100 valence electrons. The minimum absolute atomic E-state index is 0.0985. The van der Waals surface area contributed by atoms with Gasteiger partial charge in [0, 0.05) is 24.2 Å². The maximum Gasteiger partial charge on any atom is 0.133 e.